The van der Waals surface area contributed by atoms with Crippen LogP contribution in [0, 0.1) is 6.92 Å². The number of aryl methyl sites for hydroxylation is 3. The molecule has 2 rings (SSSR count). The average Bonchev–Trinajstić information content (AvgIpc) is 2.48. The first kappa shape index (κ1) is 15.0. The number of rotatable bonds is 4. The highest BCUT2D eigenvalue weighted by molar-refractivity contribution is 9.10. The molecule has 0 radical (unpaired) electrons. The van der Waals surface area contributed by atoms with Crippen molar-refractivity contribution in [3.8, 4) is 0 Å². The predicted octanol–water partition coefficient (Wildman–Crippen LogP) is 5.11. The Labute approximate surface area is 129 Å². The molecular weight excluding hydrogens is 312 g/mol. The van der Waals surface area contributed by atoms with E-state index in [2.05, 4.69) is 35.8 Å². The van der Waals surface area contributed by atoms with Crippen LogP contribution in [0.25, 0.3) is 0 Å². The van der Waals surface area contributed by atoms with Crippen LogP contribution >= 0.6 is 15.9 Å². The fraction of sp³-hybridized carbons (Fsp3) is 0.278. The zero-order chi connectivity index (χ0) is 14.7. The van der Waals surface area contributed by atoms with Crippen LogP contribution in [-0.2, 0) is 12.8 Å². The summed E-state index contributed by atoms with van der Waals surface area (Å²) >= 11 is 3.49. The first-order chi connectivity index (χ1) is 9.56. The second kappa shape index (κ2) is 6.36. The van der Waals surface area contributed by atoms with Gasteiger partial charge in [-0.1, -0.05) is 54.0 Å². The van der Waals surface area contributed by atoms with Crippen LogP contribution < -0.4 is 0 Å². The molecule has 1 nitrogen and oxygen atoms in total. The van der Waals surface area contributed by atoms with Crippen molar-refractivity contribution in [2.24, 2.45) is 0 Å². The third kappa shape index (κ3) is 3.01. The molecule has 0 spiro atoms. The van der Waals surface area contributed by atoms with Crippen LogP contribution in [0.15, 0.2) is 40.9 Å². The van der Waals surface area contributed by atoms with Gasteiger partial charge in [0.2, 0.25) is 0 Å². The van der Waals surface area contributed by atoms with E-state index in [1.807, 2.05) is 37.3 Å². The van der Waals surface area contributed by atoms with Gasteiger partial charge in [0.1, 0.15) is 0 Å². The third-order valence-electron chi connectivity index (χ3n) is 3.66. The maximum Gasteiger partial charge on any atom is 0.193 e. The average molecular weight is 331 g/mol. The first-order valence-corrected chi connectivity index (χ1v) is 7.78. The van der Waals surface area contributed by atoms with Crippen molar-refractivity contribution < 1.29 is 4.79 Å². The van der Waals surface area contributed by atoms with Crippen molar-refractivity contribution in [1.82, 2.24) is 0 Å². The quantitative estimate of drug-likeness (QED) is 0.711. The normalized spacial score (nSPS) is 10.6. The van der Waals surface area contributed by atoms with Gasteiger partial charge >= 0.3 is 0 Å². The van der Waals surface area contributed by atoms with E-state index in [1.54, 1.807) is 0 Å². The van der Waals surface area contributed by atoms with Gasteiger partial charge in [0.05, 0.1) is 0 Å². The lowest BCUT2D eigenvalue weighted by atomic mass is 9.95. The molecule has 0 aliphatic carbocycles. The molecule has 0 aromatic heterocycles. The zero-order valence-corrected chi connectivity index (χ0v) is 13.8. The number of halogens is 1. The van der Waals surface area contributed by atoms with E-state index >= 15 is 0 Å². The van der Waals surface area contributed by atoms with E-state index in [-0.39, 0.29) is 5.78 Å². The minimum absolute atomic E-state index is 0.0862. The Morgan fingerprint density at radius 1 is 0.950 bits per heavy atom. The Balaban J connectivity index is 2.40. The lowest BCUT2D eigenvalue weighted by Crippen LogP contribution is -2.04. The van der Waals surface area contributed by atoms with Crippen LogP contribution in [0.5, 0.6) is 0 Å². The number of hydrogen-bond donors (Lipinski definition) is 0. The van der Waals surface area contributed by atoms with Crippen molar-refractivity contribution in [1.29, 1.82) is 0 Å². The Bertz CT molecular complexity index is 644. The van der Waals surface area contributed by atoms with Gasteiger partial charge in [0, 0.05) is 15.6 Å². The minimum Gasteiger partial charge on any atom is -0.289 e. The van der Waals surface area contributed by atoms with Gasteiger partial charge in [-0.25, -0.2) is 0 Å². The topological polar surface area (TPSA) is 17.1 Å². The number of ketones is 1. The van der Waals surface area contributed by atoms with E-state index in [9.17, 15) is 4.79 Å². The van der Waals surface area contributed by atoms with E-state index in [4.69, 9.17) is 0 Å². The van der Waals surface area contributed by atoms with Gasteiger partial charge in [0.15, 0.2) is 5.78 Å². The van der Waals surface area contributed by atoms with Crippen LogP contribution in [-0.4, -0.2) is 5.78 Å². The maximum absolute atomic E-state index is 12.6. The van der Waals surface area contributed by atoms with E-state index in [0.717, 1.165) is 34.0 Å². The first-order valence-electron chi connectivity index (χ1n) is 6.99. The summed E-state index contributed by atoms with van der Waals surface area (Å²) < 4.78 is 0.976. The summed E-state index contributed by atoms with van der Waals surface area (Å²) in [5, 5.41) is 0. The summed E-state index contributed by atoms with van der Waals surface area (Å²) in [6, 6.07) is 11.8. The molecular formula is C18H19BrO. The molecule has 104 valence electrons. The lowest BCUT2D eigenvalue weighted by molar-refractivity contribution is 0.103. The van der Waals surface area contributed by atoms with Crippen molar-refractivity contribution in [3.63, 3.8) is 0 Å². The number of benzene rings is 2. The van der Waals surface area contributed by atoms with Crippen molar-refractivity contribution in [3.05, 3.63) is 68.7 Å². The summed E-state index contributed by atoms with van der Waals surface area (Å²) in [5.74, 6) is 0.0862. The van der Waals surface area contributed by atoms with E-state index in [1.165, 1.54) is 11.1 Å². The highest BCUT2D eigenvalue weighted by atomic mass is 79.9. The van der Waals surface area contributed by atoms with Gasteiger partial charge in [-0.15, -0.1) is 0 Å². The molecule has 0 saturated heterocycles. The highest BCUT2D eigenvalue weighted by Gasteiger charge is 2.12. The Morgan fingerprint density at radius 2 is 1.55 bits per heavy atom. The Kier molecular flexibility index (Phi) is 4.77. The monoisotopic (exact) mass is 330 g/mol. The molecule has 0 amide bonds. The highest BCUT2D eigenvalue weighted by Crippen LogP contribution is 2.21. The Hall–Kier alpha value is -1.41. The van der Waals surface area contributed by atoms with Gasteiger partial charge in [-0.3, -0.25) is 4.79 Å². The summed E-state index contributed by atoms with van der Waals surface area (Å²) in [5.41, 5.74) is 5.24. The number of hydrogen-bond acceptors (Lipinski definition) is 1. The summed E-state index contributed by atoms with van der Waals surface area (Å²) in [6.07, 6.45) is 1.97. The van der Waals surface area contributed by atoms with Crippen LogP contribution in [0.1, 0.15) is 46.5 Å². The maximum atomic E-state index is 12.6. The second-order valence-corrected chi connectivity index (χ2v) is 5.84. The van der Waals surface area contributed by atoms with E-state index < -0.39 is 0 Å². The molecule has 2 aromatic rings. The molecule has 0 heterocycles. The standard InChI is InChI=1S/C18H19BrO/c1-4-13-8-9-15(10-14(13)5-2)18(20)16-7-6-12(3)17(19)11-16/h6-11H,4-5H2,1-3H3. The van der Waals surface area contributed by atoms with Crippen molar-refractivity contribution >= 4 is 21.7 Å². The number of carbonyl (C=O) groups excluding carboxylic acids is 1. The van der Waals surface area contributed by atoms with Crippen LogP contribution in [0.4, 0.5) is 0 Å². The molecule has 0 saturated carbocycles. The predicted molar refractivity (Wildman–Crippen MR) is 87.5 cm³/mol. The molecule has 2 heteroatoms. The summed E-state index contributed by atoms with van der Waals surface area (Å²) in [7, 11) is 0. The fourth-order valence-corrected chi connectivity index (χ4v) is 2.72. The third-order valence-corrected chi connectivity index (χ3v) is 4.52. The molecule has 0 atom stereocenters. The molecule has 0 aliphatic rings. The molecule has 0 aliphatic heterocycles. The minimum atomic E-state index is 0.0862. The molecule has 0 N–H and O–H groups in total. The van der Waals surface area contributed by atoms with Gasteiger partial charge < -0.3 is 0 Å². The lowest BCUT2D eigenvalue weighted by Gasteiger charge is -2.09. The fourth-order valence-electron chi connectivity index (χ4n) is 2.34. The molecule has 0 bridgehead atoms. The van der Waals surface area contributed by atoms with Gasteiger partial charge in [-0.2, -0.15) is 0 Å². The second-order valence-electron chi connectivity index (χ2n) is 4.98. The molecule has 2 aromatic carbocycles. The van der Waals surface area contributed by atoms with E-state index in [0.29, 0.717) is 0 Å². The summed E-state index contributed by atoms with van der Waals surface area (Å²) in [6.45, 7) is 6.29. The Morgan fingerprint density at radius 3 is 2.15 bits per heavy atom. The van der Waals surface area contributed by atoms with Crippen molar-refractivity contribution in [2.75, 3.05) is 0 Å². The van der Waals surface area contributed by atoms with Gasteiger partial charge in [0.25, 0.3) is 0 Å². The largest absolute Gasteiger partial charge is 0.289 e. The van der Waals surface area contributed by atoms with Crippen LogP contribution in [0.3, 0.4) is 0 Å². The SMILES string of the molecule is CCc1ccc(C(=O)c2ccc(C)c(Br)c2)cc1CC. The number of carbonyl (C=O) groups is 1. The van der Waals surface area contributed by atoms with Crippen LogP contribution in [0.2, 0.25) is 0 Å². The molecule has 0 unspecified atom stereocenters. The van der Waals surface area contributed by atoms with Crippen molar-refractivity contribution in [2.45, 2.75) is 33.6 Å². The summed E-state index contributed by atoms with van der Waals surface area (Å²) in [4.78, 5) is 12.6. The smallest absolute Gasteiger partial charge is 0.193 e. The molecule has 20 heavy (non-hydrogen) atoms. The zero-order valence-electron chi connectivity index (χ0n) is 12.2. The van der Waals surface area contributed by atoms with Gasteiger partial charge in [-0.05, 0) is 48.6 Å². The molecule has 0 fully saturated rings.